The second-order valence-corrected chi connectivity index (χ2v) is 5.80. The predicted octanol–water partition coefficient (Wildman–Crippen LogP) is 3.30. The number of hydrogen-bond donors (Lipinski definition) is 1. The first-order valence-electron chi connectivity index (χ1n) is 6.84. The zero-order valence-electron chi connectivity index (χ0n) is 12.8. The molecule has 1 atom stereocenters. The molecule has 0 radical (unpaired) electrons. The molecule has 0 saturated heterocycles. The van der Waals surface area contributed by atoms with Crippen LogP contribution in [-0.2, 0) is 14.3 Å². The lowest BCUT2D eigenvalue weighted by Gasteiger charge is -2.23. The molecule has 0 heterocycles. The number of hydrogen-bond acceptors (Lipinski definition) is 3. The molecule has 0 spiro atoms. The van der Waals surface area contributed by atoms with Gasteiger partial charge in [0.05, 0.1) is 0 Å². The molecule has 0 fully saturated rings. The standard InChI is InChI=1S/C16H23NO3/c1-6-12(15(19)20-16(3,4)5)14(18)17-13-10-8-7-9-11(13)2/h7-10,12H,6H2,1-5H3,(H,17,18). The van der Waals surface area contributed by atoms with Gasteiger partial charge in [0.25, 0.3) is 0 Å². The third-order valence-electron chi connectivity index (χ3n) is 2.82. The van der Waals surface area contributed by atoms with Crippen LogP contribution in [0.15, 0.2) is 24.3 Å². The molecule has 4 heteroatoms. The van der Waals surface area contributed by atoms with Gasteiger partial charge in [-0.2, -0.15) is 0 Å². The topological polar surface area (TPSA) is 55.4 Å². The van der Waals surface area contributed by atoms with Crippen molar-refractivity contribution in [1.82, 2.24) is 0 Å². The first kappa shape index (κ1) is 16.2. The number of aryl methyl sites for hydroxylation is 1. The zero-order valence-corrected chi connectivity index (χ0v) is 12.8. The molecule has 0 aliphatic carbocycles. The van der Waals surface area contributed by atoms with E-state index in [1.54, 1.807) is 27.7 Å². The van der Waals surface area contributed by atoms with Crippen molar-refractivity contribution in [3.63, 3.8) is 0 Å². The molecule has 110 valence electrons. The molecule has 0 saturated carbocycles. The minimum absolute atomic E-state index is 0.323. The minimum Gasteiger partial charge on any atom is -0.459 e. The summed E-state index contributed by atoms with van der Waals surface area (Å²) in [6, 6.07) is 7.46. The SMILES string of the molecule is CCC(C(=O)Nc1ccccc1C)C(=O)OC(C)(C)C. The van der Waals surface area contributed by atoms with Gasteiger partial charge in [0.1, 0.15) is 11.5 Å². The summed E-state index contributed by atoms with van der Waals surface area (Å²) in [6.07, 6.45) is 0.409. The van der Waals surface area contributed by atoms with Crippen LogP contribution in [-0.4, -0.2) is 17.5 Å². The Balaban J connectivity index is 2.78. The molecule has 0 bridgehead atoms. The van der Waals surface area contributed by atoms with E-state index in [4.69, 9.17) is 4.74 Å². The monoisotopic (exact) mass is 277 g/mol. The van der Waals surface area contributed by atoms with E-state index in [1.165, 1.54) is 0 Å². The Morgan fingerprint density at radius 3 is 2.35 bits per heavy atom. The summed E-state index contributed by atoms with van der Waals surface area (Å²) in [5.41, 5.74) is 1.09. The number of esters is 1. The third-order valence-corrected chi connectivity index (χ3v) is 2.82. The van der Waals surface area contributed by atoms with E-state index in [2.05, 4.69) is 5.32 Å². The Morgan fingerprint density at radius 2 is 1.85 bits per heavy atom. The van der Waals surface area contributed by atoms with Crippen LogP contribution in [0.25, 0.3) is 0 Å². The van der Waals surface area contributed by atoms with E-state index in [0.29, 0.717) is 6.42 Å². The number of benzene rings is 1. The lowest BCUT2D eigenvalue weighted by molar-refractivity contribution is -0.161. The fraction of sp³-hybridized carbons (Fsp3) is 0.500. The van der Waals surface area contributed by atoms with Crippen molar-refractivity contribution < 1.29 is 14.3 Å². The summed E-state index contributed by atoms with van der Waals surface area (Å²) >= 11 is 0. The van der Waals surface area contributed by atoms with Crippen LogP contribution in [0.1, 0.15) is 39.7 Å². The highest BCUT2D eigenvalue weighted by Crippen LogP contribution is 2.18. The fourth-order valence-corrected chi connectivity index (χ4v) is 1.77. The lowest BCUT2D eigenvalue weighted by atomic mass is 10.0. The highest BCUT2D eigenvalue weighted by molar-refractivity contribution is 6.05. The Morgan fingerprint density at radius 1 is 1.25 bits per heavy atom. The highest BCUT2D eigenvalue weighted by atomic mass is 16.6. The van der Waals surface area contributed by atoms with E-state index >= 15 is 0 Å². The van der Waals surface area contributed by atoms with E-state index in [1.807, 2.05) is 31.2 Å². The van der Waals surface area contributed by atoms with Crippen LogP contribution in [0.2, 0.25) is 0 Å². The van der Waals surface area contributed by atoms with Gasteiger partial charge in [-0.25, -0.2) is 0 Å². The lowest BCUT2D eigenvalue weighted by Crippen LogP contribution is -2.35. The van der Waals surface area contributed by atoms with Crippen LogP contribution in [0, 0.1) is 12.8 Å². The maximum atomic E-state index is 12.2. The zero-order chi connectivity index (χ0) is 15.3. The number of para-hydroxylation sites is 1. The van der Waals surface area contributed by atoms with Crippen LogP contribution < -0.4 is 5.32 Å². The van der Waals surface area contributed by atoms with Gasteiger partial charge >= 0.3 is 5.97 Å². The van der Waals surface area contributed by atoms with Crippen LogP contribution in [0.3, 0.4) is 0 Å². The van der Waals surface area contributed by atoms with Crippen molar-refractivity contribution in [3.8, 4) is 0 Å². The van der Waals surface area contributed by atoms with Crippen molar-refractivity contribution in [1.29, 1.82) is 0 Å². The van der Waals surface area contributed by atoms with Gasteiger partial charge in [-0.05, 0) is 45.7 Å². The van der Waals surface area contributed by atoms with Gasteiger partial charge in [0, 0.05) is 5.69 Å². The molecular formula is C16H23NO3. The van der Waals surface area contributed by atoms with Crippen molar-refractivity contribution in [3.05, 3.63) is 29.8 Å². The predicted molar refractivity (Wildman–Crippen MR) is 79.4 cm³/mol. The number of nitrogens with one attached hydrogen (secondary N) is 1. The second-order valence-electron chi connectivity index (χ2n) is 5.80. The molecule has 1 unspecified atom stereocenters. The number of rotatable bonds is 4. The van der Waals surface area contributed by atoms with Gasteiger partial charge in [0.15, 0.2) is 0 Å². The molecule has 20 heavy (non-hydrogen) atoms. The van der Waals surface area contributed by atoms with Crippen molar-refractivity contribution >= 4 is 17.6 Å². The molecule has 1 N–H and O–H groups in total. The largest absolute Gasteiger partial charge is 0.459 e. The van der Waals surface area contributed by atoms with Gasteiger partial charge in [-0.15, -0.1) is 0 Å². The Bertz CT molecular complexity index is 489. The molecule has 1 rings (SSSR count). The summed E-state index contributed by atoms with van der Waals surface area (Å²) in [5, 5.41) is 2.79. The number of carbonyl (C=O) groups excluding carboxylic acids is 2. The van der Waals surface area contributed by atoms with Crippen molar-refractivity contribution in [2.24, 2.45) is 5.92 Å². The van der Waals surface area contributed by atoms with Gasteiger partial charge in [-0.3, -0.25) is 9.59 Å². The van der Waals surface area contributed by atoms with Crippen molar-refractivity contribution in [2.45, 2.75) is 46.6 Å². The Labute approximate surface area is 120 Å². The number of carbonyl (C=O) groups is 2. The average Bonchev–Trinajstić information content (AvgIpc) is 2.30. The summed E-state index contributed by atoms with van der Waals surface area (Å²) in [4.78, 5) is 24.2. The average molecular weight is 277 g/mol. The molecule has 4 nitrogen and oxygen atoms in total. The molecule has 0 aliphatic rings. The molecule has 0 aromatic heterocycles. The van der Waals surface area contributed by atoms with E-state index in [-0.39, 0.29) is 5.91 Å². The van der Waals surface area contributed by atoms with Gasteiger partial charge in [0.2, 0.25) is 5.91 Å². The van der Waals surface area contributed by atoms with E-state index in [9.17, 15) is 9.59 Å². The van der Waals surface area contributed by atoms with E-state index in [0.717, 1.165) is 11.3 Å². The fourth-order valence-electron chi connectivity index (χ4n) is 1.77. The quantitative estimate of drug-likeness (QED) is 0.678. The summed E-state index contributed by atoms with van der Waals surface area (Å²) in [5.74, 6) is -1.59. The van der Waals surface area contributed by atoms with E-state index < -0.39 is 17.5 Å². The summed E-state index contributed by atoms with van der Waals surface area (Å²) in [6.45, 7) is 9.07. The maximum absolute atomic E-state index is 12.2. The number of anilines is 1. The molecule has 1 amide bonds. The highest BCUT2D eigenvalue weighted by Gasteiger charge is 2.29. The molecular weight excluding hydrogens is 254 g/mol. The van der Waals surface area contributed by atoms with Gasteiger partial charge < -0.3 is 10.1 Å². The second kappa shape index (κ2) is 6.55. The van der Waals surface area contributed by atoms with Crippen LogP contribution in [0.4, 0.5) is 5.69 Å². The Hall–Kier alpha value is -1.84. The first-order valence-corrected chi connectivity index (χ1v) is 6.84. The smallest absolute Gasteiger partial charge is 0.319 e. The molecule has 1 aromatic carbocycles. The minimum atomic E-state index is -0.783. The summed E-state index contributed by atoms with van der Waals surface area (Å²) in [7, 11) is 0. The molecule has 1 aromatic rings. The third kappa shape index (κ3) is 4.68. The maximum Gasteiger partial charge on any atom is 0.319 e. The van der Waals surface area contributed by atoms with Crippen molar-refractivity contribution in [2.75, 3.05) is 5.32 Å². The number of amides is 1. The molecule has 0 aliphatic heterocycles. The first-order chi connectivity index (χ1) is 9.24. The van der Waals surface area contributed by atoms with Crippen LogP contribution >= 0.6 is 0 Å². The Kier molecular flexibility index (Phi) is 5.31. The number of ether oxygens (including phenoxy) is 1. The van der Waals surface area contributed by atoms with Crippen LogP contribution in [0.5, 0.6) is 0 Å². The van der Waals surface area contributed by atoms with Gasteiger partial charge in [-0.1, -0.05) is 25.1 Å². The normalized spacial score (nSPS) is 12.7. The summed E-state index contributed by atoms with van der Waals surface area (Å²) < 4.78 is 5.28.